The van der Waals surface area contributed by atoms with Crippen molar-refractivity contribution in [3.05, 3.63) is 11.9 Å². The van der Waals surface area contributed by atoms with Crippen LogP contribution < -0.4 is 5.32 Å². The predicted octanol–water partition coefficient (Wildman–Crippen LogP) is 1.50. The highest BCUT2D eigenvalue weighted by Crippen LogP contribution is 2.20. The second kappa shape index (κ2) is 6.02. The molecule has 0 saturated carbocycles. The molecule has 2 atom stereocenters. The van der Waals surface area contributed by atoms with Crippen molar-refractivity contribution in [2.75, 3.05) is 0 Å². The fraction of sp³-hybridized carbons (Fsp3) is 0.636. The number of carbonyl (C=O) groups is 2. The Morgan fingerprint density at radius 3 is 2.50 bits per heavy atom. The van der Waals surface area contributed by atoms with E-state index < -0.39 is 29.6 Å². The van der Waals surface area contributed by atoms with Gasteiger partial charge in [0.2, 0.25) is 5.91 Å². The highest BCUT2D eigenvalue weighted by molar-refractivity contribution is 5.98. The summed E-state index contributed by atoms with van der Waals surface area (Å²) in [6, 6.07) is -0.920. The fourth-order valence-electron chi connectivity index (χ4n) is 1.30. The first-order chi connectivity index (χ1) is 9.16. The van der Waals surface area contributed by atoms with E-state index >= 15 is 0 Å². The van der Waals surface area contributed by atoms with E-state index in [-0.39, 0.29) is 6.04 Å². The lowest BCUT2D eigenvalue weighted by atomic mass is 10.2. The molecule has 0 saturated heterocycles. The number of alkyl halides is 3. The van der Waals surface area contributed by atoms with E-state index in [9.17, 15) is 22.8 Å². The van der Waals surface area contributed by atoms with Crippen LogP contribution in [0.1, 0.15) is 43.7 Å². The largest absolute Gasteiger partial charge is 0.456 e. The Morgan fingerprint density at radius 2 is 2.00 bits per heavy atom. The number of carbonyl (C=O) groups excluding carboxylic acids is 2. The molecular formula is C11H15F3N4O2. The van der Waals surface area contributed by atoms with Gasteiger partial charge >= 0.3 is 6.18 Å². The highest BCUT2D eigenvalue weighted by Gasteiger charge is 2.41. The molecule has 0 radical (unpaired) electrons. The van der Waals surface area contributed by atoms with Gasteiger partial charge in [-0.15, -0.1) is 5.10 Å². The Kier molecular flexibility index (Phi) is 4.85. The molecule has 1 aromatic rings. The van der Waals surface area contributed by atoms with E-state index in [0.717, 1.165) is 10.9 Å². The number of nitrogens with zero attached hydrogens (tertiary/aromatic N) is 3. The molecule has 0 aromatic carbocycles. The summed E-state index contributed by atoms with van der Waals surface area (Å²) in [5.41, 5.74) is -0.833. The number of Topliss-reactive ketones (excluding diaryl/α,β-unsaturated/α-hetero) is 1. The molecule has 1 amide bonds. The van der Waals surface area contributed by atoms with Gasteiger partial charge in [0.15, 0.2) is 5.69 Å². The van der Waals surface area contributed by atoms with Crippen molar-refractivity contribution in [2.24, 2.45) is 0 Å². The van der Waals surface area contributed by atoms with E-state index in [1.807, 2.05) is 6.92 Å². The molecule has 0 aliphatic rings. The molecule has 1 aromatic heterocycles. The standard InChI is InChI=1S/C11H15F3N4O2/c1-4-6(2)15-10(20)7(3)18-5-8(16-17-18)9(19)11(12,13)14/h5-7H,4H2,1-3H3,(H,15,20). The average Bonchev–Trinajstić information content (AvgIpc) is 2.84. The predicted molar refractivity (Wildman–Crippen MR) is 63.0 cm³/mol. The van der Waals surface area contributed by atoms with Crippen molar-refractivity contribution in [3.8, 4) is 0 Å². The molecule has 9 heteroatoms. The first-order valence-corrected chi connectivity index (χ1v) is 6.00. The number of hydrogen-bond donors (Lipinski definition) is 1. The zero-order valence-corrected chi connectivity index (χ0v) is 11.2. The van der Waals surface area contributed by atoms with E-state index in [1.54, 1.807) is 6.92 Å². The molecule has 6 nitrogen and oxygen atoms in total. The van der Waals surface area contributed by atoms with Crippen molar-refractivity contribution in [2.45, 2.75) is 45.5 Å². The molecule has 1 N–H and O–H groups in total. The summed E-state index contributed by atoms with van der Waals surface area (Å²) in [6.07, 6.45) is -3.48. The summed E-state index contributed by atoms with van der Waals surface area (Å²) >= 11 is 0. The number of hydrogen-bond acceptors (Lipinski definition) is 4. The number of rotatable bonds is 5. The van der Waals surface area contributed by atoms with Crippen molar-refractivity contribution in [1.82, 2.24) is 20.3 Å². The third-order valence-corrected chi connectivity index (χ3v) is 2.78. The third-order valence-electron chi connectivity index (χ3n) is 2.78. The maximum Gasteiger partial charge on any atom is 0.456 e. The van der Waals surface area contributed by atoms with E-state index in [4.69, 9.17) is 0 Å². The Morgan fingerprint density at radius 1 is 1.40 bits per heavy atom. The third kappa shape index (κ3) is 3.78. The summed E-state index contributed by atoms with van der Waals surface area (Å²) in [7, 11) is 0. The van der Waals surface area contributed by atoms with Crippen LogP contribution >= 0.6 is 0 Å². The Balaban J connectivity index is 2.81. The van der Waals surface area contributed by atoms with Gasteiger partial charge in [-0.25, -0.2) is 4.68 Å². The summed E-state index contributed by atoms with van der Waals surface area (Å²) in [4.78, 5) is 22.7. The lowest BCUT2D eigenvalue weighted by molar-refractivity contribution is -0.124. The first-order valence-electron chi connectivity index (χ1n) is 6.00. The molecule has 1 heterocycles. The molecular weight excluding hydrogens is 277 g/mol. The zero-order valence-electron chi connectivity index (χ0n) is 11.2. The van der Waals surface area contributed by atoms with Gasteiger partial charge in [0.05, 0.1) is 6.20 Å². The summed E-state index contributed by atoms with van der Waals surface area (Å²) in [5.74, 6) is -2.49. The summed E-state index contributed by atoms with van der Waals surface area (Å²) in [5, 5.41) is 9.20. The quantitative estimate of drug-likeness (QED) is 0.834. The molecule has 0 bridgehead atoms. The van der Waals surface area contributed by atoms with Crippen LogP contribution in [0.4, 0.5) is 13.2 Å². The number of nitrogens with one attached hydrogen (secondary N) is 1. The number of halogens is 3. The highest BCUT2D eigenvalue weighted by atomic mass is 19.4. The van der Waals surface area contributed by atoms with Gasteiger partial charge in [0.25, 0.3) is 5.78 Å². The second-order valence-electron chi connectivity index (χ2n) is 4.40. The van der Waals surface area contributed by atoms with Crippen molar-refractivity contribution in [1.29, 1.82) is 0 Å². The van der Waals surface area contributed by atoms with Crippen LogP contribution in [0.3, 0.4) is 0 Å². The van der Waals surface area contributed by atoms with Gasteiger partial charge in [-0.2, -0.15) is 13.2 Å². The molecule has 20 heavy (non-hydrogen) atoms. The van der Waals surface area contributed by atoms with Gasteiger partial charge in [-0.1, -0.05) is 12.1 Å². The molecule has 2 unspecified atom stereocenters. The monoisotopic (exact) mass is 292 g/mol. The lowest BCUT2D eigenvalue weighted by Gasteiger charge is -2.15. The van der Waals surface area contributed by atoms with E-state index in [1.165, 1.54) is 6.92 Å². The zero-order chi connectivity index (χ0) is 15.5. The fourth-order valence-corrected chi connectivity index (χ4v) is 1.30. The normalized spacial score (nSPS) is 14.7. The van der Waals surface area contributed by atoms with Gasteiger partial charge in [0, 0.05) is 6.04 Å². The SMILES string of the molecule is CCC(C)NC(=O)C(C)n1cc(C(=O)C(F)(F)F)nn1. The van der Waals surface area contributed by atoms with Gasteiger partial charge in [-0.3, -0.25) is 9.59 Å². The van der Waals surface area contributed by atoms with Gasteiger partial charge in [-0.05, 0) is 20.3 Å². The molecule has 0 fully saturated rings. The van der Waals surface area contributed by atoms with Crippen LogP contribution in [-0.2, 0) is 4.79 Å². The van der Waals surface area contributed by atoms with E-state index in [0.29, 0.717) is 6.42 Å². The summed E-state index contributed by atoms with van der Waals surface area (Å²) < 4.78 is 37.6. The van der Waals surface area contributed by atoms with E-state index in [2.05, 4.69) is 15.6 Å². The molecule has 0 aliphatic heterocycles. The lowest BCUT2D eigenvalue weighted by Crippen LogP contribution is -2.37. The van der Waals surface area contributed by atoms with Crippen molar-refractivity contribution >= 4 is 11.7 Å². The minimum atomic E-state index is -5.01. The Hall–Kier alpha value is -1.93. The molecule has 1 rings (SSSR count). The molecule has 112 valence electrons. The van der Waals surface area contributed by atoms with Crippen molar-refractivity contribution < 1.29 is 22.8 Å². The number of ketones is 1. The smallest absolute Gasteiger partial charge is 0.352 e. The van der Waals surface area contributed by atoms with Crippen LogP contribution in [0.5, 0.6) is 0 Å². The first kappa shape index (κ1) is 16.1. The molecule has 0 aliphatic carbocycles. The Labute approximate surface area is 113 Å². The maximum atomic E-state index is 12.2. The minimum absolute atomic E-state index is 0.0650. The summed E-state index contributed by atoms with van der Waals surface area (Å²) in [6.45, 7) is 5.13. The number of amides is 1. The van der Waals surface area contributed by atoms with Crippen LogP contribution in [0.2, 0.25) is 0 Å². The number of aromatic nitrogens is 3. The Bertz CT molecular complexity index is 498. The van der Waals surface area contributed by atoms with Crippen LogP contribution in [0, 0.1) is 0 Å². The topological polar surface area (TPSA) is 76.9 Å². The van der Waals surface area contributed by atoms with Gasteiger partial charge < -0.3 is 5.32 Å². The second-order valence-corrected chi connectivity index (χ2v) is 4.40. The van der Waals surface area contributed by atoms with Crippen LogP contribution in [0.15, 0.2) is 6.20 Å². The van der Waals surface area contributed by atoms with Crippen LogP contribution in [-0.4, -0.2) is 38.9 Å². The van der Waals surface area contributed by atoms with Crippen LogP contribution in [0.25, 0.3) is 0 Å². The molecule has 0 spiro atoms. The maximum absolute atomic E-state index is 12.2. The van der Waals surface area contributed by atoms with Crippen molar-refractivity contribution in [3.63, 3.8) is 0 Å². The minimum Gasteiger partial charge on any atom is -0.352 e. The average molecular weight is 292 g/mol. The van der Waals surface area contributed by atoms with Gasteiger partial charge in [0.1, 0.15) is 6.04 Å².